The molecule has 0 spiro atoms. The van der Waals surface area contributed by atoms with E-state index in [9.17, 15) is 9.59 Å². The summed E-state index contributed by atoms with van der Waals surface area (Å²) < 4.78 is 5.10. The van der Waals surface area contributed by atoms with E-state index in [4.69, 9.17) is 4.42 Å². The molecule has 1 aliphatic carbocycles. The minimum absolute atomic E-state index is 0.132. The van der Waals surface area contributed by atoms with Gasteiger partial charge in [-0.1, -0.05) is 25.7 Å². The van der Waals surface area contributed by atoms with Crippen LogP contribution in [0.3, 0.4) is 0 Å². The first kappa shape index (κ1) is 15.1. The fourth-order valence-corrected chi connectivity index (χ4v) is 3.52. The average Bonchev–Trinajstić information content (AvgIpc) is 2.95. The molecule has 1 aliphatic heterocycles. The number of aryl methyl sites for hydroxylation is 1. The van der Waals surface area contributed by atoms with E-state index in [0.717, 1.165) is 12.8 Å². The van der Waals surface area contributed by atoms with Crippen LogP contribution in [0.15, 0.2) is 10.8 Å². The lowest BCUT2D eigenvalue weighted by molar-refractivity contribution is -0.129. The summed E-state index contributed by atoms with van der Waals surface area (Å²) >= 11 is 0. The Morgan fingerprint density at radius 1 is 1.32 bits per heavy atom. The Hall–Kier alpha value is -1.85. The van der Waals surface area contributed by atoms with Gasteiger partial charge in [-0.25, -0.2) is 4.98 Å². The highest BCUT2D eigenvalue weighted by Crippen LogP contribution is 2.26. The second kappa shape index (κ2) is 6.50. The maximum Gasteiger partial charge on any atom is 0.289 e. The molecule has 22 heavy (non-hydrogen) atoms. The molecule has 2 amide bonds. The third kappa shape index (κ3) is 3.15. The maximum absolute atomic E-state index is 12.3. The Labute approximate surface area is 130 Å². The fourth-order valence-electron chi connectivity index (χ4n) is 3.52. The van der Waals surface area contributed by atoms with Gasteiger partial charge in [0, 0.05) is 19.0 Å². The molecule has 0 bridgehead atoms. The summed E-state index contributed by atoms with van der Waals surface area (Å²) in [4.78, 5) is 30.3. The van der Waals surface area contributed by atoms with Gasteiger partial charge in [-0.3, -0.25) is 9.59 Å². The Morgan fingerprint density at radius 2 is 2.05 bits per heavy atom. The smallest absolute Gasteiger partial charge is 0.289 e. The van der Waals surface area contributed by atoms with E-state index in [1.54, 1.807) is 6.92 Å². The van der Waals surface area contributed by atoms with Crippen LogP contribution in [0.1, 0.15) is 61.2 Å². The van der Waals surface area contributed by atoms with Crippen LogP contribution in [0, 0.1) is 6.92 Å². The van der Waals surface area contributed by atoms with E-state index in [1.165, 1.54) is 32.1 Å². The van der Waals surface area contributed by atoms with Crippen molar-refractivity contribution in [1.29, 1.82) is 0 Å². The lowest BCUT2D eigenvalue weighted by Gasteiger charge is -2.27. The number of hydrogen-bond donors (Lipinski definition) is 1. The Bertz CT molecular complexity index is 547. The van der Waals surface area contributed by atoms with Gasteiger partial charge < -0.3 is 14.6 Å². The van der Waals surface area contributed by atoms with Crippen LogP contribution in [0.25, 0.3) is 0 Å². The van der Waals surface area contributed by atoms with Crippen molar-refractivity contribution in [1.82, 2.24) is 15.2 Å². The van der Waals surface area contributed by atoms with Gasteiger partial charge in [-0.2, -0.15) is 0 Å². The van der Waals surface area contributed by atoms with E-state index in [1.807, 2.05) is 4.90 Å². The molecule has 1 aromatic heterocycles. The van der Waals surface area contributed by atoms with Crippen molar-refractivity contribution in [3.63, 3.8) is 0 Å². The van der Waals surface area contributed by atoms with Gasteiger partial charge in [0.1, 0.15) is 0 Å². The van der Waals surface area contributed by atoms with E-state index >= 15 is 0 Å². The predicted molar refractivity (Wildman–Crippen MR) is 80.3 cm³/mol. The van der Waals surface area contributed by atoms with Crippen molar-refractivity contribution < 1.29 is 14.0 Å². The van der Waals surface area contributed by atoms with E-state index in [0.29, 0.717) is 24.7 Å². The van der Waals surface area contributed by atoms with Crippen LogP contribution >= 0.6 is 0 Å². The van der Waals surface area contributed by atoms with Gasteiger partial charge >= 0.3 is 0 Å². The number of carbonyl (C=O) groups is 2. The van der Waals surface area contributed by atoms with Gasteiger partial charge in [-0.15, -0.1) is 0 Å². The summed E-state index contributed by atoms with van der Waals surface area (Å²) in [6, 6.07) is 0.219. The summed E-state index contributed by atoms with van der Waals surface area (Å²) in [6.07, 6.45) is 8.76. The fraction of sp³-hybridized carbons (Fsp3) is 0.688. The maximum atomic E-state index is 12.3. The second-order valence-electron chi connectivity index (χ2n) is 6.33. The lowest BCUT2D eigenvalue weighted by Crippen LogP contribution is -2.40. The molecule has 2 fully saturated rings. The Kier molecular flexibility index (Phi) is 4.45. The Balaban J connectivity index is 1.59. The van der Waals surface area contributed by atoms with Gasteiger partial charge in [-0.05, 0) is 19.8 Å². The molecular weight excluding hydrogens is 282 g/mol. The number of nitrogens with zero attached hydrogens (tertiary/aromatic N) is 2. The molecule has 0 radical (unpaired) electrons. The first-order valence-electron chi connectivity index (χ1n) is 8.15. The number of hydrogen-bond acceptors (Lipinski definition) is 4. The molecule has 3 rings (SSSR count). The zero-order valence-electron chi connectivity index (χ0n) is 13.0. The zero-order chi connectivity index (χ0) is 15.5. The molecule has 1 saturated carbocycles. The van der Waals surface area contributed by atoms with Crippen molar-refractivity contribution in [2.75, 3.05) is 6.54 Å². The standard InChI is InChI=1S/C16H23N3O3/c1-11-15(22-10-17-11)16(21)18-12-8-14(20)19(9-12)13-6-4-2-3-5-7-13/h10,12-13H,2-9H2,1H3,(H,18,21)/t12-/m0/s1. The highest BCUT2D eigenvalue weighted by atomic mass is 16.3. The average molecular weight is 305 g/mol. The molecule has 2 heterocycles. The molecule has 1 N–H and O–H groups in total. The van der Waals surface area contributed by atoms with Crippen LogP contribution < -0.4 is 5.32 Å². The number of nitrogens with one attached hydrogen (secondary N) is 1. The molecule has 120 valence electrons. The molecule has 6 nitrogen and oxygen atoms in total. The van der Waals surface area contributed by atoms with Crippen LogP contribution in [0.2, 0.25) is 0 Å². The van der Waals surface area contributed by atoms with Gasteiger partial charge in [0.15, 0.2) is 6.39 Å². The molecule has 0 aromatic carbocycles. The van der Waals surface area contributed by atoms with Crippen LogP contribution in [0.5, 0.6) is 0 Å². The van der Waals surface area contributed by atoms with Gasteiger partial charge in [0.2, 0.25) is 11.7 Å². The molecule has 1 saturated heterocycles. The van der Waals surface area contributed by atoms with Crippen molar-refractivity contribution >= 4 is 11.8 Å². The first-order chi connectivity index (χ1) is 10.6. The highest BCUT2D eigenvalue weighted by molar-refractivity contribution is 5.93. The lowest BCUT2D eigenvalue weighted by atomic mass is 10.1. The quantitative estimate of drug-likeness (QED) is 0.867. The number of amides is 2. The molecule has 1 aromatic rings. The zero-order valence-corrected chi connectivity index (χ0v) is 13.0. The van der Waals surface area contributed by atoms with Crippen LogP contribution in [0.4, 0.5) is 0 Å². The van der Waals surface area contributed by atoms with Crippen molar-refractivity contribution in [3.8, 4) is 0 Å². The monoisotopic (exact) mass is 305 g/mol. The molecule has 1 atom stereocenters. The van der Waals surface area contributed by atoms with E-state index in [-0.39, 0.29) is 23.6 Å². The van der Waals surface area contributed by atoms with Gasteiger partial charge in [0.25, 0.3) is 5.91 Å². The Morgan fingerprint density at radius 3 is 2.68 bits per heavy atom. The molecule has 2 aliphatic rings. The third-order valence-electron chi connectivity index (χ3n) is 4.71. The summed E-state index contributed by atoms with van der Waals surface area (Å²) in [6.45, 7) is 2.35. The SMILES string of the molecule is Cc1ncoc1C(=O)N[C@H]1CC(=O)N(C2CCCCCC2)C1. The summed E-state index contributed by atoms with van der Waals surface area (Å²) in [5.41, 5.74) is 0.572. The van der Waals surface area contributed by atoms with Gasteiger partial charge in [0.05, 0.1) is 11.7 Å². The normalized spacial score (nSPS) is 23.6. The predicted octanol–water partition coefficient (Wildman–Crippen LogP) is 2.04. The number of oxazole rings is 1. The molecular formula is C16H23N3O3. The van der Waals surface area contributed by atoms with E-state index in [2.05, 4.69) is 10.3 Å². The molecule has 0 unspecified atom stereocenters. The number of rotatable bonds is 3. The summed E-state index contributed by atoms with van der Waals surface area (Å²) in [7, 11) is 0. The van der Waals surface area contributed by atoms with E-state index < -0.39 is 0 Å². The van der Waals surface area contributed by atoms with Crippen molar-refractivity contribution in [2.45, 2.75) is 64.0 Å². The first-order valence-corrected chi connectivity index (χ1v) is 8.15. The van der Waals surface area contributed by atoms with Crippen molar-refractivity contribution in [3.05, 3.63) is 17.8 Å². The van der Waals surface area contributed by atoms with Crippen LogP contribution in [-0.4, -0.2) is 40.3 Å². The number of likely N-dealkylation sites (tertiary alicyclic amines) is 1. The number of aromatic nitrogens is 1. The minimum Gasteiger partial charge on any atom is -0.438 e. The largest absolute Gasteiger partial charge is 0.438 e. The minimum atomic E-state index is -0.282. The number of carbonyl (C=O) groups excluding carboxylic acids is 2. The second-order valence-corrected chi connectivity index (χ2v) is 6.33. The highest BCUT2D eigenvalue weighted by Gasteiger charge is 2.35. The summed E-state index contributed by atoms with van der Waals surface area (Å²) in [5, 5.41) is 2.90. The third-order valence-corrected chi connectivity index (χ3v) is 4.71. The van der Waals surface area contributed by atoms with Crippen LogP contribution in [-0.2, 0) is 4.79 Å². The van der Waals surface area contributed by atoms with Crippen molar-refractivity contribution in [2.24, 2.45) is 0 Å². The molecule has 6 heteroatoms. The summed E-state index contributed by atoms with van der Waals surface area (Å²) in [5.74, 6) is 0.113. The topological polar surface area (TPSA) is 75.4 Å².